The van der Waals surface area contributed by atoms with E-state index in [2.05, 4.69) is 14.5 Å². The number of sulfonamides is 1. The lowest BCUT2D eigenvalue weighted by atomic mass is 10.1. The van der Waals surface area contributed by atoms with Crippen molar-refractivity contribution in [1.82, 2.24) is 14.5 Å². The molecule has 2 rings (SSSR count). The van der Waals surface area contributed by atoms with Gasteiger partial charge in [-0.1, -0.05) is 18.2 Å². The van der Waals surface area contributed by atoms with Gasteiger partial charge in [-0.25, -0.2) is 17.5 Å². The first-order valence-corrected chi connectivity index (χ1v) is 9.41. The van der Waals surface area contributed by atoms with Crippen LogP contribution >= 0.6 is 0 Å². The van der Waals surface area contributed by atoms with Gasteiger partial charge in [-0.05, 0) is 13.0 Å². The second-order valence-electron chi connectivity index (χ2n) is 5.74. The third-order valence-corrected chi connectivity index (χ3v) is 4.83. The molecular formula is C15H24FN3O2S. The van der Waals surface area contributed by atoms with Crippen molar-refractivity contribution in [2.75, 3.05) is 45.5 Å². The zero-order valence-electron chi connectivity index (χ0n) is 13.1. The Morgan fingerprint density at radius 2 is 1.86 bits per heavy atom. The Balaban J connectivity index is 1.81. The largest absolute Gasteiger partial charge is 0.299 e. The Kier molecular flexibility index (Phi) is 5.91. The minimum absolute atomic E-state index is 0.0532. The van der Waals surface area contributed by atoms with Crippen LogP contribution < -0.4 is 4.72 Å². The van der Waals surface area contributed by atoms with E-state index < -0.39 is 10.0 Å². The number of rotatable bonds is 6. The van der Waals surface area contributed by atoms with Crippen molar-refractivity contribution in [1.29, 1.82) is 0 Å². The number of benzene rings is 1. The van der Waals surface area contributed by atoms with Crippen LogP contribution in [-0.2, 0) is 10.0 Å². The smallest absolute Gasteiger partial charge is 0.208 e. The van der Waals surface area contributed by atoms with E-state index in [1.165, 1.54) is 12.3 Å². The van der Waals surface area contributed by atoms with E-state index in [0.29, 0.717) is 13.1 Å². The Labute approximate surface area is 132 Å². The minimum Gasteiger partial charge on any atom is -0.299 e. The maximum atomic E-state index is 13.8. The summed E-state index contributed by atoms with van der Waals surface area (Å²) in [4.78, 5) is 4.49. The fourth-order valence-corrected chi connectivity index (χ4v) is 3.24. The van der Waals surface area contributed by atoms with Gasteiger partial charge in [0.2, 0.25) is 10.0 Å². The van der Waals surface area contributed by atoms with E-state index in [9.17, 15) is 12.8 Å². The van der Waals surface area contributed by atoms with E-state index >= 15 is 0 Å². The molecular weight excluding hydrogens is 305 g/mol. The molecule has 1 fully saturated rings. The van der Waals surface area contributed by atoms with Gasteiger partial charge in [0.25, 0.3) is 0 Å². The average Bonchev–Trinajstić information content (AvgIpc) is 2.46. The molecule has 1 aromatic carbocycles. The summed E-state index contributed by atoms with van der Waals surface area (Å²) in [6.07, 6.45) is 1.17. The van der Waals surface area contributed by atoms with Crippen molar-refractivity contribution in [3.63, 3.8) is 0 Å². The van der Waals surface area contributed by atoms with Crippen LogP contribution in [0.3, 0.4) is 0 Å². The maximum absolute atomic E-state index is 13.8. The highest BCUT2D eigenvalue weighted by Crippen LogP contribution is 2.23. The second-order valence-corrected chi connectivity index (χ2v) is 7.57. The molecule has 0 radical (unpaired) electrons. The molecule has 1 heterocycles. The predicted octanol–water partition coefficient (Wildman–Crippen LogP) is 1.05. The van der Waals surface area contributed by atoms with Crippen molar-refractivity contribution in [3.05, 3.63) is 35.6 Å². The van der Waals surface area contributed by atoms with Crippen LogP contribution in [0.2, 0.25) is 0 Å². The highest BCUT2D eigenvalue weighted by Gasteiger charge is 2.23. The number of hydrogen-bond acceptors (Lipinski definition) is 4. The van der Waals surface area contributed by atoms with Gasteiger partial charge in [0.05, 0.1) is 6.26 Å². The van der Waals surface area contributed by atoms with Gasteiger partial charge >= 0.3 is 0 Å². The van der Waals surface area contributed by atoms with Gasteiger partial charge in [-0.3, -0.25) is 9.80 Å². The Bertz CT molecular complexity index is 586. The van der Waals surface area contributed by atoms with Crippen LogP contribution in [0.5, 0.6) is 0 Å². The van der Waals surface area contributed by atoms with Crippen molar-refractivity contribution in [3.8, 4) is 0 Å². The van der Waals surface area contributed by atoms with E-state index in [4.69, 9.17) is 0 Å². The Morgan fingerprint density at radius 1 is 1.23 bits per heavy atom. The summed E-state index contributed by atoms with van der Waals surface area (Å²) in [7, 11) is -3.12. The first kappa shape index (κ1) is 17.3. The monoisotopic (exact) mass is 329 g/mol. The summed E-state index contributed by atoms with van der Waals surface area (Å²) in [5, 5.41) is 0. The number of nitrogens with one attached hydrogen (secondary N) is 1. The molecule has 0 spiro atoms. The highest BCUT2D eigenvalue weighted by atomic mass is 32.2. The second kappa shape index (κ2) is 7.50. The van der Waals surface area contributed by atoms with Gasteiger partial charge < -0.3 is 0 Å². The molecule has 0 amide bonds. The van der Waals surface area contributed by atoms with Gasteiger partial charge in [0, 0.05) is 50.9 Å². The van der Waals surface area contributed by atoms with Crippen LogP contribution in [0.15, 0.2) is 24.3 Å². The average molecular weight is 329 g/mol. The van der Waals surface area contributed by atoms with E-state index in [1.807, 2.05) is 19.1 Å². The van der Waals surface area contributed by atoms with Crippen LogP contribution in [0, 0.1) is 5.82 Å². The molecule has 0 bridgehead atoms. The molecule has 1 aromatic rings. The summed E-state index contributed by atoms with van der Waals surface area (Å²) in [6, 6.07) is 6.96. The third kappa shape index (κ3) is 5.01. The van der Waals surface area contributed by atoms with E-state index in [0.717, 1.165) is 31.7 Å². The zero-order valence-corrected chi connectivity index (χ0v) is 13.9. The van der Waals surface area contributed by atoms with E-state index in [-0.39, 0.29) is 11.9 Å². The molecule has 1 atom stereocenters. The molecule has 1 aliphatic rings. The van der Waals surface area contributed by atoms with Crippen LogP contribution in [0.1, 0.15) is 18.5 Å². The quantitative estimate of drug-likeness (QED) is 0.848. The predicted molar refractivity (Wildman–Crippen MR) is 85.7 cm³/mol. The fourth-order valence-electron chi connectivity index (χ4n) is 2.77. The molecule has 124 valence electrons. The molecule has 5 nitrogen and oxygen atoms in total. The van der Waals surface area contributed by atoms with Crippen LogP contribution in [-0.4, -0.2) is 63.7 Å². The number of piperazine rings is 1. The van der Waals surface area contributed by atoms with Crippen molar-refractivity contribution < 1.29 is 12.8 Å². The lowest BCUT2D eigenvalue weighted by Gasteiger charge is -2.38. The zero-order chi connectivity index (χ0) is 16.2. The van der Waals surface area contributed by atoms with Crippen molar-refractivity contribution in [2.24, 2.45) is 0 Å². The Hall–Kier alpha value is -1.02. The lowest BCUT2D eigenvalue weighted by molar-refractivity contribution is 0.102. The first-order valence-electron chi connectivity index (χ1n) is 7.52. The highest BCUT2D eigenvalue weighted by molar-refractivity contribution is 7.88. The molecule has 7 heteroatoms. The molecule has 0 aromatic heterocycles. The molecule has 1 unspecified atom stereocenters. The molecule has 22 heavy (non-hydrogen) atoms. The maximum Gasteiger partial charge on any atom is 0.208 e. The fraction of sp³-hybridized carbons (Fsp3) is 0.600. The number of hydrogen-bond donors (Lipinski definition) is 1. The van der Waals surface area contributed by atoms with Crippen LogP contribution in [0.4, 0.5) is 4.39 Å². The van der Waals surface area contributed by atoms with Crippen molar-refractivity contribution >= 4 is 10.0 Å². The molecule has 0 aliphatic carbocycles. The SMILES string of the molecule is CC(c1ccccc1F)N1CCN(CCNS(C)(=O)=O)CC1. The normalized spacial score (nSPS) is 19.2. The first-order chi connectivity index (χ1) is 10.4. The number of nitrogens with zero attached hydrogens (tertiary/aromatic N) is 2. The summed E-state index contributed by atoms with van der Waals surface area (Å²) < 4.78 is 38.4. The van der Waals surface area contributed by atoms with E-state index in [1.54, 1.807) is 6.07 Å². The van der Waals surface area contributed by atoms with Crippen LogP contribution in [0.25, 0.3) is 0 Å². The lowest BCUT2D eigenvalue weighted by Crippen LogP contribution is -2.49. The molecule has 1 N–H and O–H groups in total. The minimum atomic E-state index is -3.12. The number of halogens is 1. The van der Waals surface area contributed by atoms with Gasteiger partial charge in [-0.2, -0.15) is 0 Å². The molecule has 1 saturated heterocycles. The third-order valence-electron chi connectivity index (χ3n) is 4.10. The molecule has 1 aliphatic heterocycles. The summed E-state index contributed by atoms with van der Waals surface area (Å²) in [5.74, 6) is -0.158. The summed E-state index contributed by atoms with van der Waals surface area (Å²) >= 11 is 0. The Morgan fingerprint density at radius 3 is 2.45 bits per heavy atom. The standard InChI is InChI=1S/C15H24FN3O2S/c1-13(14-5-3-4-6-15(14)16)19-11-9-18(10-12-19)8-7-17-22(2,20)21/h3-6,13,17H,7-12H2,1-2H3. The van der Waals surface area contributed by atoms with Gasteiger partial charge in [0.15, 0.2) is 0 Å². The van der Waals surface area contributed by atoms with Gasteiger partial charge in [0.1, 0.15) is 5.82 Å². The summed E-state index contributed by atoms with van der Waals surface area (Å²) in [6.45, 7) is 6.60. The molecule has 0 saturated carbocycles. The summed E-state index contributed by atoms with van der Waals surface area (Å²) in [5.41, 5.74) is 0.731. The van der Waals surface area contributed by atoms with Gasteiger partial charge in [-0.15, -0.1) is 0 Å². The van der Waals surface area contributed by atoms with Crippen molar-refractivity contribution in [2.45, 2.75) is 13.0 Å². The topological polar surface area (TPSA) is 52.6 Å².